The third-order valence-corrected chi connectivity index (χ3v) is 5.59. The van der Waals surface area contributed by atoms with Crippen LogP contribution in [0, 0.1) is 11.3 Å². The minimum Gasteiger partial charge on any atom is -0.377 e. The molecule has 1 heterocycles. The molecule has 0 bridgehead atoms. The Balaban J connectivity index is 1.63. The topological polar surface area (TPSA) is 45.7 Å². The van der Waals surface area contributed by atoms with E-state index in [9.17, 15) is 0 Å². The lowest BCUT2D eigenvalue weighted by molar-refractivity contribution is -0.106. The maximum Gasteiger partial charge on any atom is 0.191 e. The molecule has 2 N–H and O–H groups in total. The summed E-state index contributed by atoms with van der Waals surface area (Å²) in [6.07, 6.45) is 1.52. The number of aliphatic imine (C=N–C) groups is 1. The Morgan fingerprint density at radius 2 is 2.04 bits per heavy atom. The maximum atomic E-state index is 5.96. The van der Waals surface area contributed by atoms with E-state index < -0.39 is 0 Å². The first-order valence-corrected chi connectivity index (χ1v) is 8.68. The second-order valence-corrected chi connectivity index (χ2v) is 7.61. The Morgan fingerprint density at radius 3 is 2.70 bits per heavy atom. The largest absolute Gasteiger partial charge is 0.377 e. The van der Waals surface area contributed by atoms with Crippen LogP contribution in [-0.2, 0) is 4.74 Å². The standard InChI is InChI=1S/C18H26ClN3O/c1-11(12-5-7-13(19)8-6-12)21-17(20-4)22-15-14-9-10-23-16(14)18(15,2)3/h5-8,11,14-16H,9-10H2,1-4H3,(H2,20,21,22). The predicted molar refractivity (Wildman–Crippen MR) is 94.9 cm³/mol. The number of guanidine groups is 1. The quantitative estimate of drug-likeness (QED) is 0.657. The van der Waals surface area contributed by atoms with Crippen LogP contribution in [0.1, 0.15) is 38.8 Å². The SMILES string of the molecule is CN=C(NC(C)c1ccc(Cl)cc1)NC1C2CCOC2C1(C)C. The average molecular weight is 336 g/mol. The van der Waals surface area contributed by atoms with E-state index in [0.29, 0.717) is 18.1 Å². The first-order valence-electron chi connectivity index (χ1n) is 8.30. The Morgan fingerprint density at radius 1 is 1.35 bits per heavy atom. The number of benzene rings is 1. The molecule has 1 aliphatic heterocycles. The Kier molecular flexibility index (Phi) is 4.56. The summed E-state index contributed by atoms with van der Waals surface area (Å²) in [4.78, 5) is 4.40. The molecule has 0 radical (unpaired) electrons. The lowest BCUT2D eigenvalue weighted by Gasteiger charge is -2.55. The normalized spacial score (nSPS) is 30.3. The minimum absolute atomic E-state index is 0.141. The zero-order valence-corrected chi connectivity index (χ0v) is 15.0. The van der Waals surface area contributed by atoms with E-state index in [4.69, 9.17) is 16.3 Å². The number of nitrogens with zero attached hydrogens (tertiary/aromatic N) is 1. The Labute approximate surface area is 143 Å². The molecule has 126 valence electrons. The van der Waals surface area contributed by atoms with Crippen molar-refractivity contribution >= 4 is 17.6 Å². The summed E-state index contributed by atoms with van der Waals surface area (Å²) in [5.41, 5.74) is 1.33. The highest BCUT2D eigenvalue weighted by Crippen LogP contribution is 2.52. The molecule has 1 saturated carbocycles. The molecule has 4 unspecified atom stereocenters. The summed E-state index contributed by atoms with van der Waals surface area (Å²) >= 11 is 5.96. The number of ether oxygens (including phenoxy) is 1. The molecule has 0 aromatic heterocycles. The molecule has 0 spiro atoms. The lowest BCUT2D eigenvalue weighted by atomic mass is 9.57. The predicted octanol–water partition coefficient (Wildman–Crippen LogP) is 3.38. The van der Waals surface area contributed by atoms with Crippen LogP contribution in [0.2, 0.25) is 5.02 Å². The highest BCUT2D eigenvalue weighted by Gasteiger charge is 2.59. The number of hydrogen-bond donors (Lipinski definition) is 2. The molecule has 23 heavy (non-hydrogen) atoms. The number of hydrogen-bond acceptors (Lipinski definition) is 2. The smallest absolute Gasteiger partial charge is 0.191 e. The van der Waals surface area contributed by atoms with E-state index in [-0.39, 0.29) is 11.5 Å². The summed E-state index contributed by atoms with van der Waals surface area (Å²) in [5, 5.41) is 7.84. The van der Waals surface area contributed by atoms with Gasteiger partial charge in [0.15, 0.2) is 5.96 Å². The van der Waals surface area contributed by atoms with Crippen LogP contribution in [0.25, 0.3) is 0 Å². The number of fused-ring (bicyclic) bond motifs is 1. The fraction of sp³-hybridized carbons (Fsp3) is 0.611. The molecule has 4 nitrogen and oxygen atoms in total. The number of rotatable bonds is 3. The molecular weight excluding hydrogens is 310 g/mol. The zero-order chi connectivity index (χ0) is 16.6. The fourth-order valence-electron chi connectivity index (χ4n) is 3.98. The van der Waals surface area contributed by atoms with Gasteiger partial charge in [0.2, 0.25) is 0 Å². The molecule has 1 saturated heterocycles. The van der Waals surface area contributed by atoms with Gasteiger partial charge in [-0.3, -0.25) is 4.99 Å². The summed E-state index contributed by atoms with van der Waals surface area (Å²) in [6.45, 7) is 7.55. The van der Waals surface area contributed by atoms with Gasteiger partial charge in [-0.05, 0) is 31.0 Å². The molecular formula is C18H26ClN3O. The van der Waals surface area contributed by atoms with Crippen molar-refractivity contribution in [3.05, 3.63) is 34.9 Å². The van der Waals surface area contributed by atoms with Gasteiger partial charge in [0.25, 0.3) is 0 Å². The van der Waals surface area contributed by atoms with Gasteiger partial charge in [-0.1, -0.05) is 37.6 Å². The fourth-order valence-corrected chi connectivity index (χ4v) is 4.10. The third-order valence-electron chi connectivity index (χ3n) is 5.34. The Hall–Kier alpha value is -1.26. The molecule has 1 aromatic rings. The van der Waals surface area contributed by atoms with E-state index in [2.05, 4.69) is 36.4 Å². The van der Waals surface area contributed by atoms with E-state index >= 15 is 0 Å². The van der Waals surface area contributed by atoms with Gasteiger partial charge in [0.1, 0.15) is 0 Å². The maximum absolute atomic E-state index is 5.96. The van der Waals surface area contributed by atoms with E-state index in [1.165, 1.54) is 5.56 Å². The number of nitrogens with one attached hydrogen (secondary N) is 2. The molecule has 4 atom stereocenters. The highest BCUT2D eigenvalue weighted by atomic mass is 35.5. The Bertz CT molecular complexity index is 584. The van der Waals surface area contributed by atoms with Crippen LogP contribution in [0.5, 0.6) is 0 Å². The van der Waals surface area contributed by atoms with E-state index in [0.717, 1.165) is 24.0 Å². The van der Waals surface area contributed by atoms with Crippen LogP contribution in [-0.4, -0.2) is 31.8 Å². The molecule has 2 aliphatic rings. The van der Waals surface area contributed by atoms with Crippen molar-refractivity contribution in [2.24, 2.45) is 16.3 Å². The molecule has 2 fully saturated rings. The first-order chi connectivity index (χ1) is 10.9. The zero-order valence-electron chi connectivity index (χ0n) is 14.3. The van der Waals surface area contributed by atoms with Crippen LogP contribution < -0.4 is 10.6 Å². The molecule has 3 rings (SSSR count). The molecule has 1 aromatic carbocycles. The lowest BCUT2D eigenvalue weighted by Crippen LogP contribution is -2.68. The van der Waals surface area contributed by atoms with Crippen LogP contribution in [0.3, 0.4) is 0 Å². The van der Waals surface area contributed by atoms with Gasteiger partial charge in [0, 0.05) is 36.1 Å². The summed E-state index contributed by atoms with van der Waals surface area (Å²) in [6, 6.07) is 8.49. The second kappa shape index (κ2) is 6.33. The second-order valence-electron chi connectivity index (χ2n) is 7.18. The average Bonchev–Trinajstić information content (AvgIpc) is 2.98. The summed E-state index contributed by atoms with van der Waals surface area (Å²) < 4.78 is 5.86. The van der Waals surface area contributed by atoms with Crippen molar-refractivity contribution in [1.82, 2.24) is 10.6 Å². The van der Waals surface area contributed by atoms with Gasteiger partial charge in [-0.25, -0.2) is 0 Å². The van der Waals surface area contributed by atoms with Gasteiger partial charge >= 0.3 is 0 Å². The highest BCUT2D eigenvalue weighted by molar-refractivity contribution is 6.30. The van der Waals surface area contributed by atoms with Crippen LogP contribution in [0.15, 0.2) is 29.3 Å². The van der Waals surface area contributed by atoms with Crippen molar-refractivity contribution in [3.63, 3.8) is 0 Å². The summed E-state index contributed by atoms with van der Waals surface area (Å²) in [5.74, 6) is 1.44. The van der Waals surface area contributed by atoms with Crippen molar-refractivity contribution in [3.8, 4) is 0 Å². The van der Waals surface area contributed by atoms with E-state index in [1.807, 2.05) is 31.3 Å². The van der Waals surface area contributed by atoms with Crippen LogP contribution in [0.4, 0.5) is 0 Å². The van der Waals surface area contributed by atoms with Gasteiger partial charge in [-0.2, -0.15) is 0 Å². The molecule has 0 amide bonds. The third kappa shape index (κ3) is 3.07. The van der Waals surface area contributed by atoms with Gasteiger partial charge in [0.05, 0.1) is 12.1 Å². The monoisotopic (exact) mass is 335 g/mol. The van der Waals surface area contributed by atoms with Crippen molar-refractivity contribution in [1.29, 1.82) is 0 Å². The summed E-state index contributed by atoms with van der Waals surface area (Å²) in [7, 11) is 1.82. The van der Waals surface area contributed by atoms with Crippen molar-refractivity contribution in [2.75, 3.05) is 13.7 Å². The minimum atomic E-state index is 0.141. The molecule has 5 heteroatoms. The van der Waals surface area contributed by atoms with Gasteiger partial charge < -0.3 is 15.4 Å². The molecule has 1 aliphatic carbocycles. The first kappa shape index (κ1) is 16.6. The van der Waals surface area contributed by atoms with Crippen molar-refractivity contribution in [2.45, 2.75) is 45.4 Å². The van der Waals surface area contributed by atoms with E-state index in [1.54, 1.807) is 0 Å². The van der Waals surface area contributed by atoms with Crippen LogP contribution >= 0.6 is 11.6 Å². The van der Waals surface area contributed by atoms with Gasteiger partial charge in [-0.15, -0.1) is 0 Å². The van der Waals surface area contributed by atoms with Crippen molar-refractivity contribution < 1.29 is 4.74 Å². The number of halogens is 1.